The molecule has 0 aliphatic heterocycles. The molecule has 4 heteroatoms. The summed E-state index contributed by atoms with van der Waals surface area (Å²) in [5.41, 5.74) is 1.24. The van der Waals surface area contributed by atoms with E-state index < -0.39 is 0 Å². The van der Waals surface area contributed by atoms with Crippen molar-refractivity contribution in [3.05, 3.63) is 59.1 Å². The van der Waals surface area contributed by atoms with Gasteiger partial charge in [-0.25, -0.2) is 0 Å². The number of nitrogens with one attached hydrogen (secondary N) is 1. The first-order valence-corrected chi connectivity index (χ1v) is 8.86. The Labute approximate surface area is 149 Å². The standard InChI is InChI=1S/C20H24ClNO2/c1-2-3-4-5-6-13-24-19-12-8-11-18(15-19)22-20(23)16-9-7-10-17(21)14-16/h7-12,14-15H,2-6,13H2,1H3,(H,22,23). The zero-order valence-electron chi connectivity index (χ0n) is 14.1. The van der Waals surface area contributed by atoms with Gasteiger partial charge in [-0.1, -0.05) is 56.3 Å². The van der Waals surface area contributed by atoms with Crippen molar-refractivity contribution in [2.24, 2.45) is 0 Å². The number of anilines is 1. The molecule has 0 aliphatic rings. The number of halogens is 1. The first-order chi connectivity index (χ1) is 11.7. The number of carbonyl (C=O) groups excluding carboxylic acids is 1. The third-order valence-electron chi connectivity index (χ3n) is 3.70. The summed E-state index contributed by atoms with van der Waals surface area (Å²) in [4.78, 5) is 12.2. The normalized spacial score (nSPS) is 10.4. The molecule has 0 aliphatic carbocycles. The van der Waals surface area contributed by atoms with Gasteiger partial charge in [0.25, 0.3) is 5.91 Å². The van der Waals surface area contributed by atoms with Gasteiger partial charge in [0.1, 0.15) is 5.75 Å². The van der Waals surface area contributed by atoms with Crippen molar-refractivity contribution in [3.63, 3.8) is 0 Å². The van der Waals surface area contributed by atoms with E-state index in [2.05, 4.69) is 12.2 Å². The number of unbranched alkanes of at least 4 members (excludes halogenated alkanes) is 4. The van der Waals surface area contributed by atoms with E-state index in [4.69, 9.17) is 16.3 Å². The zero-order valence-corrected chi connectivity index (χ0v) is 14.8. The Morgan fingerprint density at radius 2 is 1.83 bits per heavy atom. The van der Waals surface area contributed by atoms with E-state index in [0.717, 1.165) is 12.2 Å². The average Bonchev–Trinajstić information content (AvgIpc) is 2.58. The summed E-state index contributed by atoms with van der Waals surface area (Å²) < 4.78 is 5.76. The molecule has 0 bridgehead atoms. The predicted octanol–water partition coefficient (Wildman–Crippen LogP) is 5.94. The lowest BCUT2D eigenvalue weighted by molar-refractivity contribution is 0.102. The van der Waals surface area contributed by atoms with Crippen molar-refractivity contribution in [1.82, 2.24) is 0 Å². The van der Waals surface area contributed by atoms with Crippen LogP contribution in [-0.4, -0.2) is 12.5 Å². The monoisotopic (exact) mass is 345 g/mol. The van der Waals surface area contributed by atoms with Crippen LogP contribution in [0.2, 0.25) is 5.02 Å². The highest BCUT2D eigenvalue weighted by Gasteiger charge is 2.07. The molecule has 2 aromatic carbocycles. The number of rotatable bonds is 9. The highest BCUT2D eigenvalue weighted by molar-refractivity contribution is 6.31. The van der Waals surface area contributed by atoms with E-state index in [1.54, 1.807) is 24.3 Å². The van der Waals surface area contributed by atoms with Crippen LogP contribution in [0.4, 0.5) is 5.69 Å². The maximum Gasteiger partial charge on any atom is 0.255 e. The highest BCUT2D eigenvalue weighted by atomic mass is 35.5. The van der Waals surface area contributed by atoms with E-state index >= 15 is 0 Å². The summed E-state index contributed by atoms with van der Waals surface area (Å²) >= 11 is 5.92. The Bertz CT molecular complexity index is 658. The molecule has 2 rings (SSSR count). The van der Waals surface area contributed by atoms with E-state index in [-0.39, 0.29) is 5.91 Å². The van der Waals surface area contributed by atoms with Gasteiger partial charge in [0.15, 0.2) is 0 Å². The Morgan fingerprint density at radius 1 is 1.04 bits per heavy atom. The van der Waals surface area contributed by atoms with Gasteiger partial charge in [-0.05, 0) is 36.8 Å². The van der Waals surface area contributed by atoms with Gasteiger partial charge in [-0.15, -0.1) is 0 Å². The molecule has 1 N–H and O–H groups in total. The van der Waals surface area contributed by atoms with E-state index in [9.17, 15) is 4.79 Å². The number of carbonyl (C=O) groups is 1. The van der Waals surface area contributed by atoms with Gasteiger partial charge in [-0.2, -0.15) is 0 Å². The fourth-order valence-electron chi connectivity index (χ4n) is 2.39. The summed E-state index contributed by atoms with van der Waals surface area (Å²) in [6.45, 7) is 2.91. The van der Waals surface area contributed by atoms with E-state index in [1.165, 1.54) is 25.7 Å². The molecule has 0 heterocycles. The van der Waals surface area contributed by atoms with Crippen LogP contribution < -0.4 is 10.1 Å². The topological polar surface area (TPSA) is 38.3 Å². The second-order valence-corrected chi connectivity index (χ2v) is 6.19. The van der Waals surface area contributed by atoms with Gasteiger partial charge in [-0.3, -0.25) is 4.79 Å². The largest absolute Gasteiger partial charge is 0.494 e. The first-order valence-electron chi connectivity index (χ1n) is 8.49. The van der Waals surface area contributed by atoms with Gasteiger partial charge < -0.3 is 10.1 Å². The minimum absolute atomic E-state index is 0.186. The maximum atomic E-state index is 12.2. The molecule has 0 spiro atoms. The summed E-state index contributed by atoms with van der Waals surface area (Å²) in [5.74, 6) is 0.587. The summed E-state index contributed by atoms with van der Waals surface area (Å²) in [6, 6.07) is 14.3. The van der Waals surface area contributed by atoms with E-state index in [0.29, 0.717) is 22.9 Å². The smallest absolute Gasteiger partial charge is 0.255 e. The summed E-state index contributed by atoms with van der Waals surface area (Å²) in [6.07, 6.45) is 6.04. The van der Waals surface area contributed by atoms with Crippen LogP contribution in [-0.2, 0) is 0 Å². The van der Waals surface area contributed by atoms with Crippen molar-refractivity contribution < 1.29 is 9.53 Å². The molecule has 0 fully saturated rings. The molecule has 128 valence electrons. The lowest BCUT2D eigenvalue weighted by Crippen LogP contribution is -2.11. The molecule has 0 aromatic heterocycles. The van der Waals surface area contributed by atoms with Crippen LogP contribution in [0.3, 0.4) is 0 Å². The van der Waals surface area contributed by atoms with Crippen molar-refractivity contribution >= 4 is 23.2 Å². The molecule has 2 aromatic rings. The lowest BCUT2D eigenvalue weighted by atomic mass is 10.2. The van der Waals surface area contributed by atoms with Gasteiger partial charge in [0.2, 0.25) is 0 Å². The molecule has 0 saturated carbocycles. The van der Waals surface area contributed by atoms with Gasteiger partial charge in [0.05, 0.1) is 6.61 Å². The van der Waals surface area contributed by atoms with Crippen LogP contribution in [0.1, 0.15) is 49.4 Å². The molecule has 0 saturated heterocycles. The molecule has 0 atom stereocenters. The summed E-state index contributed by atoms with van der Waals surface area (Å²) in [7, 11) is 0. The zero-order chi connectivity index (χ0) is 17.2. The fourth-order valence-corrected chi connectivity index (χ4v) is 2.58. The average molecular weight is 346 g/mol. The molecule has 0 radical (unpaired) electrons. The highest BCUT2D eigenvalue weighted by Crippen LogP contribution is 2.19. The summed E-state index contributed by atoms with van der Waals surface area (Å²) in [5, 5.41) is 3.41. The number of ether oxygens (including phenoxy) is 1. The predicted molar refractivity (Wildman–Crippen MR) is 100 cm³/mol. The first kappa shape index (κ1) is 18.3. The third-order valence-corrected chi connectivity index (χ3v) is 3.93. The van der Waals surface area contributed by atoms with E-state index in [1.807, 2.05) is 24.3 Å². The molecule has 3 nitrogen and oxygen atoms in total. The van der Waals surface area contributed by atoms with Crippen molar-refractivity contribution in [2.45, 2.75) is 39.0 Å². The Morgan fingerprint density at radius 3 is 2.62 bits per heavy atom. The second kappa shape index (κ2) is 9.99. The van der Waals surface area contributed by atoms with Crippen LogP contribution >= 0.6 is 11.6 Å². The number of amides is 1. The van der Waals surface area contributed by atoms with Crippen LogP contribution in [0.5, 0.6) is 5.75 Å². The minimum atomic E-state index is -0.186. The van der Waals surface area contributed by atoms with Crippen molar-refractivity contribution in [1.29, 1.82) is 0 Å². The maximum absolute atomic E-state index is 12.2. The van der Waals surface area contributed by atoms with Gasteiger partial charge in [0, 0.05) is 22.3 Å². The molecular weight excluding hydrogens is 322 g/mol. The van der Waals surface area contributed by atoms with Crippen LogP contribution in [0.15, 0.2) is 48.5 Å². The lowest BCUT2D eigenvalue weighted by Gasteiger charge is -2.09. The number of benzene rings is 2. The molecule has 0 unspecified atom stereocenters. The van der Waals surface area contributed by atoms with Crippen LogP contribution in [0, 0.1) is 0 Å². The van der Waals surface area contributed by atoms with Crippen molar-refractivity contribution in [3.8, 4) is 5.75 Å². The Balaban J connectivity index is 1.85. The van der Waals surface area contributed by atoms with Crippen LogP contribution in [0.25, 0.3) is 0 Å². The molecule has 24 heavy (non-hydrogen) atoms. The van der Waals surface area contributed by atoms with Gasteiger partial charge >= 0.3 is 0 Å². The number of hydrogen-bond donors (Lipinski definition) is 1. The Hall–Kier alpha value is -2.00. The minimum Gasteiger partial charge on any atom is -0.494 e. The second-order valence-electron chi connectivity index (χ2n) is 5.75. The fraction of sp³-hybridized carbons (Fsp3) is 0.350. The molecular formula is C20H24ClNO2. The molecule has 1 amide bonds. The van der Waals surface area contributed by atoms with Crippen molar-refractivity contribution in [2.75, 3.05) is 11.9 Å². The number of hydrogen-bond acceptors (Lipinski definition) is 2. The SMILES string of the molecule is CCCCCCCOc1cccc(NC(=O)c2cccc(Cl)c2)c1. The third kappa shape index (κ3) is 6.25. The quantitative estimate of drug-likeness (QED) is 0.571. The Kier molecular flexibility index (Phi) is 7.63.